The second-order valence-corrected chi connectivity index (χ2v) is 9.54. The predicted octanol–water partition coefficient (Wildman–Crippen LogP) is 1.63. The Hall–Kier alpha value is -2.59. The van der Waals surface area contributed by atoms with Gasteiger partial charge in [-0.15, -0.1) is 0 Å². The van der Waals surface area contributed by atoms with Gasteiger partial charge in [0.1, 0.15) is 0 Å². The van der Waals surface area contributed by atoms with E-state index in [9.17, 15) is 31.5 Å². The second-order valence-electron chi connectivity index (χ2n) is 9.54. The van der Waals surface area contributed by atoms with Crippen LogP contribution in [0, 0.1) is 29.1 Å². The third-order valence-electron chi connectivity index (χ3n) is 5.70. The lowest BCUT2D eigenvalue weighted by Gasteiger charge is -2.19. The van der Waals surface area contributed by atoms with Crippen molar-refractivity contribution in [3.05, 3.63) is 29.1 Å². The van der Waals surface area contributed by atoms with Crippen molar-refractivity contribution in [2.24, 2.45) is 11.5 Å². The standard InChI is InChI=1S/C29H46F5N3O11.C2H6/c30-24-25(31)27(33)29(28(34)26(24)32)48-23(39)2-6-41-10-9-40-5-1-22(38)37-21(19-46-17-15-44-13-11-42-7-3-35)20-47-18-16-45-14-12-43-8-4-36;1-2/h21H,1-20,35-36H2,(H,37,38);1-2H3. The van der Waals surface area contributed by atoms with Crippen molar-refractivity contribution >= 4 is 11.9 Å². The van der Waals surface area contributed by atoms with Gasteiger partial charge in [0.05, 0.1) is 118 Å². The summed E-state index contributed by atoms with van der Waals surface area (Å²) in [6, 6.07) is -0.466. The van der Waals surface area contributed by atoms with Crippen LogP contribution in [0.1, 0.15) is 26.7 Å². The number of halogens is 5. The quantitative estimate of drug-likeness (QED) is 0.0250. The van der Waals surface area contributed by atoms with E-state index in [-0.39, 0.29) is 65.2 Å². The lowest BCUT2D eigenvalue weighted by atomic mass is 10.2. The summed E-state index contributed by atoms with van der Waals surface area (Å²) >= 11 is 0. The second kappa shape index (κ2) is 32.3. The van der Waals surface area contributed by atoms with Crippen molar-refractivity contribution in [3.63, 3.8) is 0 Å². The molecule has 0 aromatic heterocycles. The van der Waals surface area contributed by atoms with Gasteiger partial charge in [-0.1, -0.05) is 13.8 Å². The van der Waals surface area contributed by atoms with E-state index in [2.05, 4.69) is 10.1 Å². The summed E-state index contributed by atoms with van der Waals surface area (Å²) in [5, 5.41) is 2.81. The van der Waals surface area contributed by atoms with Crippen molar-refractivity contribution in [1.82, 2.24) is 5.32 Å². The Bertz CT molecular complexity index is 984. The average molecular weight is 738 g/mol. The first-order valence-electron chi connectivity index (χ1n) is 16.3. The number of nitrogens with two attached hydrogens (primary N) is 2. The third-order valence-corrected chi connectivity index (χ3v) is 5.70. The number of esters is 1. The SMILES string of the molecule is CC.NCCOCCOCCOCC(COCCOCCOCCN)NC(=O)CCOCCOCCC(=O)Oc1c(F)c(F)c(F)c(F)c1F. The highest BCUT2D eigenvalue weighted by molar-refractivity contribution is 5.76. The zero-order chi connectivity index (χ0) is 37.4. The molecule has 0 radical (unpaired) electrons. The van der Waals surface area contributed by atoms with E-state index in [4.69, 9.17) is 49.4 Å². The summed E-state index contributed by atoms with van der Waals surface area (Å²) < 4.78 is 114. The maximum absolute atomic E-state index is 13.6. The first-order chi connectivity index (χ1) is 24.2. The Balaban J connectivity index is 0.0000118. The van der Waals surface area contributed by atoms with Gasteiger partial charge in [-0.2, -0.15) is 8.78 Å². The molecule has 14 nitrogen and oxygen atoms in total. The van der Waals surface area contributed by atoms with Crippen LogP contribution in [0.2, 0.25) is 0 Å². The number of ether oxygens (including phenoxy) is 9. The van der Waals surface area contributed by atoms with Crippen LogP contribution in [0.3, 0.4) is 0 Å². The molecule has 0 spiro atoms. The summed E-state index contributed by atoms with van der Waals surface area (Å²) in [5.74, 6) is -14.7. The van der Waals surface area contributed by atoms with Crippen LogP contribution < -0.4 is 21.5 Å². The van der Waals surface area contributed by atoms with Gasteiger partial charge < -0.3 is 59.4 Å². The maximum atomic E-state index is 13.6. The number of benzene rings is 1. The highest BCUT2D eigenvalue weighted by atomic mass is 19.2. The van der Waals surface area contributed by atoms with Crippen LogP contribution in [0.15, 0.2) is 0 Å². The minimum absolute atomic E-state index is 0.00255. The molecule has 0 heterocycles. The monoisotopic (exact) mass is 737 g/mol. The van der Waals surface area contributed by atoms with E-state index in [1.165, 1.54) is 0 Å². The van der Waals surface area contributed by atoms with E-state index >= 15 is 0 Å². The molecule has 50 heavy (non-hydrogen) atoms. The van der Waals surface area contributed by atoms with Crippen molar-refractivity contribution < 1.29 is 74.2 Å². The van der Waals surface area contributed by atoms with Gasteiger partial charge in [0.25, 0.3) is 0 Å². The number of rotatable bonds is 31. The Morgan fingerprint density at radius 1 is 0.520 bits per heavy atom. The lowest BCUT2D eigenvalue weighted by Crippen LogP contribution is -2.42. The van der Waals surface area contributed by atoms with Gasteiger partial charge >= 0.3 is 5.97 Å². The average Bonchev–Trinajstić information content (AvgIpc) is 3.12. The molecule has 1 aromatic carbocycles. The molecule has 0 saturated carbocycles. The van der Waals surface area contributed by atoms with E-state index in [0.29, 0.717) is 65.9 Å². The minimum Gasteiger partial charge on any atom is -0.420 e. The normalized spacial score (nSPS) is 11.1. The van der Waals surface area contributed by atoms with Gasteiger partial charge in [-0.25, -0.2) is 13.2 Å². The first-order valence-corrected chi connectivity index (χ1v) is 16.3. The topological polar surface area (TPSA) is 181 Å². The summed E-state index contributed by atoms with van der Waals surface area (Å²) in [5.41, 5.74) is 10.7. The zero-order valence-corrected chi connectivity index (χ0v) is 28.8. The van der Waals surface area contributed by atoms with Gasteiger partial charge in [0.2, 0.25) is 40.7 Å². The Kier molecular flexibility index (Phi) is 30.7. The first kappa shape index (κ1) is 47.4. The van der Waals surface area contributed by atoms with Gasteiger partial charge in [-0.05, 0) is 0 Å². The third kappa shape index (κ3) is 23.0. The number of carbonyl (C=O) groups is 2. The summed E-state index contributed by atoms with van der Waals surface area (Å²) in [7, 11) is 0. The maximum Gasteiger partial charge on any atom is 0.313 e. The number of hydrogen-bond acceptors (Lipinski definition) is 13. The lowest BCUT2D eigenvalue weighted by molar-refractivity contribution is -0.136. The number of amides is 1. The molecule has 0 bridgehead atoms. The van der Waals surface area contributed by atoms with Crippen LogP contribution in [0.4, 0.5) is 22.0 Å². The number of nitrogens with one attached hydrogen (secondary N) is 1. The van der Waals surface area contributed by atoms with Gasteiger partial charge in [-0.3, -0.25) is 9.59 Å². The summed E-state index contributed by atoms with van der Waals surface area (Å²) in [6.45, 7) is 8.71. The van der Waals surface area contributed by atoms with Crippen molar-refractivity contribution in [3.8, 4) is 5.75 Å². The molecule has 0 unspecified atom stereocenters. The predicted molar refractivity (Wildman–Crippen MR) is 169 cm³/mol. The highest BCUT2D eigenvalue weighted by Gasteiger charge is 2.28. The molecule has 0 atom stereocenters. The summed E-state index contributed by atoms with van der Waals surface area (Å²) in [6.07, 6.45) is -0.541. The molecule has 0 aliphatic rings. The van der Waals surface area contributed by atoms with Crippen LogP contribution in [-0.2, 0) is 47.5 Å². The molecule has 19 heteroatoms. The molecular weight excluding hydrogens is 685 g/mol. The van der Waals surface area contributed by atoms with Crippen LogP contribution in [0.25, 0.3) is 0 Å². The Morgan fingerprint density at radius 2 is 0.860 bits per heavy atom. The van der Waals surface area contributed by atoms with E-state index < -0.39 is 53.3 Å². The molecule has 0 aliphatic heterocycles. The molecular formula is C31H52F5N3O11. The van der Waals surface area contributed by atoms with E-state index in [1.807, 2.05) is 13.8 Å². The van der Waals surface area contributed by atoms with Crippen molar-refractivity contribution in [1.29, 1.82) is 0 Å². The van der Waals surface area contributed by atoms with E-state index in [1.54, 1.807) is 0 Å². The zero-order valence-electron chi connectivity index (χ0n) is 28.8. The Morgan fingerprint density at radius 3 is 1.28 bits per heavy atom. The van der Waals surface area contributed by atoms with Crippen LogP contribution >= 0.6 is 0 Å². The molecule has 0 saturated heterocycles. The fourth-order valence-corrected chi connectivity index (χ4v) is 3.41. The molecule has 1 amide bonds. The van der Waals surface area contributed by atoms with Crippen LogP contribution in [-0.4, -0.2) is 137 Å². The molecule has 0 fully saturated rings. The smallest absolute Gasteiger partial charge is 0.313 e. The molecule has 5 N–H and O–H groups in total. The van der Waals surface area contributed by atoms with Crippen molar-refractivity contribution in [2.45, 2.75) is 32.7 Å². The van der Waals surface area contributed by atoms with Gasteiger partial charge in [0.15, 0.2) is 0 Å². The fourth-order valence-electron chi connectivity index (χ4n) is 3.41. The molecule has 1 rings (SSSR count). The van der Waals surface area contributed by atoms with Gasteiger partial charge in [0, 0.05) is 19.5 Å². The number of hydrogen-bond donors (Lipinski definition) is 3. The Labute approximate surface area is 289 Å². The van der Waals surface area contributed by atoms with Crippen LogP contribution in [0.5, 0.6) is 5.75 Å². The van der Waals surface area contributed by atoms with E-state index in [0.717, 1.165) is 0 Å². The van der Waals surface area contributed by atoms with Crippen molar-refractivity contribution in [2.75, 3.05) is 119 Å². The number of carbonyl (C=O) groups excluding carboxylic acids is 2. The largest absolute Gasteiger partial charge is 0.420 e. The highest BCUT2D eigenvalue weighted by Crippen LogP contribution is 2.29. The molecule has 1 aromatic rings. The summed E-state index contributed by atoms with van der Waals surface area (Å²) in [4.78, 5) is 24.2. The molecule has 292 valence electrons. The molecule has 0 aliphatic carbocycles. The fraction of sp³-hybridized carbons (Fsp3) is 0.742. The minimum atomic E-state index is -2.37.